The van der Waals surface area contributed by atoms with Gasteiger partial charge in [-0.3, -0.25) is 0 Å². The van der Waals surface area contributed by atoms with Gasteiger partial charge in [0.15, 0.2) is 6.29 Å². The van der Waals surface area contributed by atoms with Crippen molar-refractivity contribution in [3.63, 3.8) is 0 Å². The number of ether oxygens (including phenoxy) is 2. The van der Waals surface area contributed by atoms with Gasteiger partial charge >= 0.3 is 5.63 Å². The Labute approximate surface area is 171 Å². The molecule has 0 radical (unpaired) electrons. The minimum absolute atomic E-state index is 0.0116. The van der Waals surface area contributed by atoms with Crippen LogP contribution in [-0.2, 0) is 16.1 Å². The number of rotatable bonds is 4. The quantitative estimate of drug-likeness (QED) is 0.450. The zero-order valence-electron chi connectivity index (χ0n) is 16.8. The fourth-order valence-corrected chi connectivity index (χ4v) is 3.90. The van der Waals surface area contributed by atoms with Crippen molar-refractivity contribution in [1.82, 2.24) is 0 Å². The molecule has 30 heavy (non-hydrogen) atoms. The highest BCUT2D eigenvalue weighted by Gasteiger charge is 2.44. The van der Waals surface area contributed by atoms with Gasteiger partial charge in [-0.2, -0.15) is 0 Å². The molecule has 1 aromatic carbocycles. The number of aryl methyl sites for hydroxylation is 3. The van der Waals surface area contributed by atoms with E-state index in [0.29, 0.717) is 28.1 Å². The van der Waals surface area contributed by atoms with Gasteiger partial charge in [0.05, 0.1) is 13.2 Å². The third-order valence-corrected chi connectivity index (χ3v) is 5.67. The first kappa shape index (κ1) is 21.0. The van der Waals surface area contributed by atoms with Crippen LogP contribution < -0.4 is 5.63 Å². The average molecular weight is 420 g/mol. The second-order valence-corrected chi connectivity index (χ2v) is 7.65. The Morgan fingerprint density at radius 3 is 2.37 bits per heavy atom. The van der Waals surface area contributed by atoms with Gasteiger partial charge in [0, 0.05) is 28.0 Å². The van der Waals surface area contributed by atoms with E-state index in [2.05, 4.69) is 0 Å². The highest BCUT2D eigenvalue weighted by Crippen LogP contribution is 2.35. The van der Waals surface area contributed by atoms with Gasteiger partial charge in [0.25, 0.3) is 0 Å². The highest BCUT2D eigenvalue weighted by molar-refractivity contribution is 5.99. The summed E-state index contributed by atoms with van der Waals surface area (Å²) in [5.41, 5.74) is 2.75. The minimum atomic E-state index is -1.51. The molecule has 1 aliphatic heterocycles. The molecule has 0 saturated carbocycles. The zero-order chi connectivity index (χ0) is 21.7. The molecule has 4 rings (SSSR count). The third-order valence-electron chi connectivity index (χ3n) is 5.67. The summed E-state index contributed by atoms with van der Waals surface area (Å²) in [7, 11) is 0. The molecule has 2 aromatic heterocycles. The number of aliphatic hydroxyl groups is 4. The van der Waals surface area contributed by atoms with E-state index in [-0.39, 0.29) is 6.61 Å². The van der Waals surface area contributed by atoms with Crippen LogP contribution in [0.2, 0.25) is 0 Å². The van der Waals surface area contributed by atoms with Crippen molar-refractivity contribution in [2.75, 3.05) is 6.61 Å². The van der Waals surface area contributed by atoms with E-state index < -0.39 is 42.9 Å². The van der Waals surface area contributed by atoms with E-state index in [1.54, 1.807) is 13.8 Å². The van der Waals surface area contributed by atoms with E-state index in [0.717, 1.165) is 16.3 Å². The van der Waals surface area contributed by atoms with E-state index in [1.165, 1.54) is 6.07 Å². The van der Waals surface area contributed by atoms with Crippen LogP contribution in [0, 0.1) is 20.8 Å². The lowest BCUT2D eigenvalue weighted by atomic mass is 9.99. The Morgan fingerprint density at radius 2 is 1.67 bits per heavy atom. The van der Waals surface area contributed by atoms with Crippen molar-refractivity contribution < 1.29 is 38.7 Å². The highest BCUT2D eigenvalue weighted by atomic mass is 16.7. The summed E-state index contributed by atoms with van der Waals surface area (Å²) in [5.74, 6) is 0.577. The van der Waals surface area contributed by atoms with Crippen molar-refractivity contribution in [1.29, 1.82) is 0 Å². The first-order valence-corrected chi connectivity index (χ1v) is 9.61. The van der Waals surface area contributed by atoms with Crippen molar-refractivity contribution in [2.45, 2.75) is 58.1 Å². The summed E-state index contributed by atoms with van der Waals surface area (Å²) < 4.78 is 22.3. The second-order valence-electron chi connectivity index (χ2n) is 7.65. The summed E-state index contributed by atoms with van der Waals surface area (Å²) in [6, 6.07) is 3.28. The maximum Gasteiger partial charge on any atom is 0.336 e. The molecule has 1 aliphatic rings. The minimum Gasteiger partial charge on any atom is -0.461 e. The topological polar surface area (TPSA) is 143 Å². The molecule has 162 valence electrons. The molecule has 0 spiro atoms. The first-order valence-electron chi connectivity index (χ1n) is 9.61. The van der Waals surface area contributed by atoms with Gasteiger partial charge in [-0.15, -0.1) is 0 Å². The largest absolute Gasteiger partial charge is 0.461 e. The Bertz CT molecular complexity index is 1140. The van der Waals surface area contributed by atoms with E-state index in [9.17, 15) is 25.2 Å². The fraction of sp³-hybridized carbons (Fsp3) is 0.476. The number of aliphatic hydroxyl groups excluding tert-OH is 4. The summed E-state index contributed by atoms with van der Waals surface area (Å²) in [6.45, 7) is 4.84. The predicted molar refractivity (Wildman–Crippen MR) is 105 cm³/mol. The number of hydrogen-bond donors (Lipinski definition) is 4. The molecule has 3 heterocycles. The van der Waals surface area contributed by atoms with Crippen LogP contribution in [0.25, 0.3) is 21.9 Å². The molecule has 9 nitrogen and oxygen atoms in total. The third kappa shape index (κ3) is 3.33. The summed E-state index contributed by atoms with van der Waals surface area (Å²) in [4.78, 5) is 11.8. The van der Waals surface area contributed by atoms with Gasteiger partial charge < -0.3 is 38.7 Å². The molecular weight excluding hydrogens is 396 g/mol. The van der Waals surface area contributed by atoms with E-state index >= 15 is 0 Å². The fourth-order valence-electron chi connectivity index (χ4n) is 3.90. The molecule has 5 atom stereocenters. The molecule has 1 fully saturated rings. The normalized spacial score (nSPS) is 27.2. The van der Waals surface area contributed by atoms with Crippen molar-refractivity contribution in [3.05, 3.63) is 45.0 Å². The number of furan rings is 1. The summed E-state index contributed by atoms with van der Waals surface area (Å²) in [6.07, 6.45) is -6.74. The molecule has 0 unspecified atom stereocenters. The SMILES string of the molecule is Cc1oc2c(C)c3oc(=O)cc(C)c3cc2c1CO[C@@H]1O[C@H](CO)[C@H](O)[C@H](O)[C@H]1O. The van der Waals surface area contributed by atoms with Crippen molar-refractivity contribution in [3.8, 4) is 0 Å². The predicted octanol–water partition coefficient (Wildman–Crippen LogP) is 0.781. The summed E-state index contributed by atoms with van der Waals surface area (Å²) >= 11 is 0. The standard InChI is InChI=1S/C21H24O9/c1-8-4-15(23)30-19-9(2)20-12(5-11(8)19)13(10(3)28-20)7-27-21-18(26)17(25)16(24)14(6-22)29-21/h4-5,14,16-18,21-22,24-26H,6-7H2,1-3H3/t14-,16+,17+,18-,21-/m1/s1. The summed E-state index contributed by atoms with van der Waals surface area (Å²) in [5, 5.41) is 40.9. The molecular formula is C21H24O9. The van der Waals surface area contributed by atoms with Gasteiger partial charge in [-0.05, 0) is 32.4 Å². The maximum absolute atomic E-state index is 11.8. The van der Waals surface area contributed by atoms with Gasteiger partial charge in [0.2, 0.25) is 0 Å². The number of fused-ring (bicyclic) bond motifs is 2. The molecule has 9 heteroatoms. The van der Waals surface area contributed by atoms with Gasteiger partial charge in [0.1, 0.15) is 41.3 Å². The number of hydrogen-bond acceptors (Lipinski definition) is 9. The van der Waals surface area contributed by atoms with E-state index in [1.807, 2.05) is 13.0 Å². The Hall–Kier alpha value is -2.27. The van der Waals surface area contributed by atoms with Crippen LogP contribution in [0.1, 0.15) is 22.5 Å². The first-order chi connectivity index (χ1) is 14.2. The van der Waals surface area contributed by atoms with E-state index in [4.69, 9.17) is 18.3 Å². The molecule has 0 amide bonds. The van der Waals surface area contributed by atoms with Gasteiger partial charge in [-0.25, -0.2) is 4.79 Å². The van der Waals surface area contributed by atoms with Crippen LogP contribution in [0.3, 0.4) is 0 Å². The lowest BCUT2D eigenvalue weighted by Crippen LogP contribution is -2.59. The van der Waals surface area contributed by atoms with Crippen LogP contribution in [0.15, 0.2) is 25.8 Å². The average Bonchev–Trinajstić information content (AvgIpc) is 3.02. The molecule has 4 N–H and O–H groups in total. The van der Waals surface area contributed by atoms with Crippen LogP contribution in [0.4, 0.5) is 0 Å². The number of benzene rings is 1. The van der Waals surface area contributed by atoms with Crippen LogP contribution in [0.5, 0.6) is 0 Å². The second kappa shape index (κ2) is 7.77. The maximum atomic E-state index is 11.8. The zero-order valence-corrected chi connectivity index (χ0v) is 16.8. The Morgan fingerprint density at radius 1 is 0.967 bits per heavy atom. The van der Waals surface area contributed by atoms with Crippen molar-refractivity contribution >= 4 is 21.9 Å². The molecule has 1 saturated heterocycles. The monoisotopic (exact) mass is 420 g/mol. The molecule has 0 bridgehead atoms. The molecule has 0 aliphatic carbocycles. The van der Waals surface area contributed by atoms with Crippen molar-refractivity contribution in [2.24, 2.45) is 0 Å². The lowest BCUT2D eigenvalue weighted by Gasteiger charge is -2.39. The Kier molecular flexibility index (Phi) is 5.43. The molecule has 3 aromatic rings. The van der Waals surface area contributed by atoms with Crippen LogP contribution >= 0.6 is 0 Å². The van der Waals surface area contributed by atoms with Crippen LogP contribution in [-0.4, -0.2) is 57.7 Å². The van der Waals surface area contributed by atoms with Gasteiger partial charge in [-0.1, -0.05) is 0 Å². The lowest BCUT2D eigenvalue weighted by molar-refractivity contribution is -0.304. The smallest absolute Gasteiger partial charge is 0.336 e. The Balaban J connectivity index is 1.70.